The van der Waals surface area contributed by atoms with Crippen LogP contribution >= 0.6 is 0 Å². The summed E-state index contributed by atoms with van der Waals surface area (Å²) < 4.78 is 6.08. The van der Waals surface area contributed by atoms with Crippen LogP contribution in [0.3, 0.4) is 0 Å². The highest BCUT2D eigenvalue weighted by molar-refractivity contribution is 5.78. The highest BCUT2D eigenvalue weighted by atomic mass is 16.5. The van der Waals surface area contributed by atoms with Gasteiger partial charge in [-0.05, 0) is 50.0 Å². The van der Waals surface area contributed by atoms with Crippen LogP contribution < -0.4 is 5.32 Å². The van der Waals surface area contributed by atoms with Gasteiger partial charge in [-0.25, -0.2) is 0 Å². The van der Waals surface area contributed by atoms with Crippen molar-refractivity contribution in [3.05, 3.63) is 0 Å². The lowest BCUT2D eigenvalue weighted by Gasteiger charge is -2.39. The monoisotopic (exact) mass is 279 g/mol. The molecule has 2 aliphatic carbocycles. The number of esters is 1. The maximum absolute atomic E-state index is 12.7. The SMILES string of the molecule is CCC1(C(=O)OC2CC3CCC2(C)C3(C)C)CCNC1. The summed E-state index contributed by atoms with van der Waals surface area (Å²) in [6, 6.07) is 0. The zero-order valence-electron chi connectivity index (χ0n) is 13.4. The molecule has 2 bridgehead atoms. The second-order valence-corrected chi connectivity index (χ2v) is 8.07. The number of carbonyl (C=O) groups excluding carboxylic acids is 1. The molecular weight excluding hydrogens is 250 g/mol. The van der Waals surface area contributed by atoms with E-state index in [1.54, 1.807) is 0 Å². The minimum Gasteiger partial charge on any atom is -0.461 e. The number of nitrogens with one attached hydrogen (secondary N) is 1. The molecule has 0 spiro atoms. The van der Waals surface area contributed by atoms with Crippen LogP contribution in [0.4, 0.5) is 0 Å². The smallest absolute Gasteiger partial charge is 0.313 e. The number of hydrogen-bond donors (Lipinski definition) is 1. The van der Waals surface area contributed by atoms with E-state index in [-0.39, 0.29) is 22.9 Å². The molecule has 3 aliphatic rings. The van der Waals surface area contributed by atoms with Crippen LogP contribution in [0.25, 0.3) is 0 Å². The minimum absolute atomic E-state index is 0.0552. The summed E-state index contributed by atoms with van der Waals surface area (Å²) in [7, 11) is 0. The van der Waals surface area contributed by atoms with Gasteiger partial charge in [0, 0.05) is 12.0 Å². The molecule has 0 aromatic heterocycles. The van der Waals surface area contributed by atoms with E-state index in [9.17, 15) is 4.79 Å². The minimum atomic E-state index is -0.262. The van der Waals surface area contributed by atoms with Crippen molar-refractivity contribution in [3.8, 4) is 0 Å². The molecule has 3 heteroatoms. The lowest BCUT2D eigenvalue weighted by atomic mass is 9.70. The standard InChI is InChI=1S/C17H29NO2/c1-5-17(8-9-18-11-17)14(19)20-13-10-12-6-7-16(13,4)15(12,2)3/h12-13,18H,5-11H2,1-4H3. The van der Waals surface area contributed by atoms with Gasteiger partial charge in [-0.2, -0.15) is 0 Å². The number of carbonyl (C=O) groups is 1. The van der Waals surface area contributed by atoms with Crippen molar-refractivity contribution in [1.82, 2.24) is 5.32 Å². The Labute approximate surface area is 122 Å². The van der Waals surface area contributed by atoms with E-state index in [2.05, 4.69) is 33.0 Å². The molecule has 0 aromatic rings. The fourth-order valence-corrected chi connectivity index (χ4v) is 4.93. The summed E-state index contributed by atoms with van der Waals surface area (Å²) >= 11 is 0. The zero-order valence-corrected chi connectivity index (χ0v) is 13.4. The van der Waals surface area contributed by atoms with Crippen LogP contribution in [0.5, 0.6) is 0 Å². The fraction of sp³-hybridized carbons (Fsp3) is 0.941. The van der Waals surface area contributed by atoms with Gasteiger partial charge >= 0.3 is 5.97 Å². The number of hydrogen-bond acceptors (Lipinski definition) is 3. The Morgan fingerprint density at radius 1 is 1.30 bits per heavy atom. The molecule has 3 rings (SSSR count). The number of fused-ring (bicyclic) bond motifs is 2. The molecule has 3 fully saturated rings. The maximum Gasteiger partial charge on any atom is 0.313 e. The maximum atomic E-state index is 12.7. The van der Waals surface area contributed by atoms with Crippen molar-refractivity contribution in [1.29, 1.82) is 0 Å². The van der Waals surface area contributed by atoms with Gasteiger partial charge in [-0.1, -0.05) is 27.7 Å². The van der Waals surface area contributed by atoms with Crippen LogP contribution in [0.1, 0.15) is 59.8 Å². The zero-order chi connectivity index (χ0) is 14.6. The van der Waals surface area contributed by atoms with E-state index >= 15 is 0 Å². The molecule has 4 atom stereocenters. The van der Waals surface area contributed by atoms with Crippen LogP contribution in [-0.2, 0) is 9.53 Å². The third kappa shape index (κ3) is 1.71. The average molecular weight is 279 g/mol. The first-order chi connectivity index (χ1) is 9.36. The van der Waals surface area contributed by atoms with Gasteiger partial charge in [0.2, 0.25) is 0 Å². The first-order valence-electron chi connectivity index (χ1n) is 8.27. The fourth-order valence-electron chi connectivity index (χ4n) is 4.93. The molecule has 0 radical (unpaired) electrons. The van der Waals surface area contributed by atoms with Crippen molar-refractivity contribution in [3.63, 3.8) is 0 Å². The Hall–Kier alpha value is -0.570. The summed E-state index contributed by atoms with van der Waals surface area (Å²) in [6.07, 6.45) is 5.53. The Morgan fingerprint density at radius 2 is 2.05 bits per heavy atom. The molecule has 0 aromatic carbocycles. The second kappa shape index (κ2) is 4.46. The molecule has 1 aliphatic heterocycles. The van der Waals surface area contributed by atoms with Crippen LogP contribution in [0.15, 0.2) is 0 Å². The highest BCUT2D eigenvalue weighted by Gasteiger charge is 2.63. The molecule has 20 heavy (non-hydrogen) atoms. The topological polar surface area (TPSA) is 38.3 Å². The third-order valence-electron chi connectivity index (χ3n) is 7.32. The first kappa shape index (κ1) is 14.4. The lowest BCUT2D eigenvalue weighted by molar-refractivity contribution is -0.168. The molecule has 1 saturated heterocycles. The van der Waals surface area contributed by atoms with Crippen molar-refractivity contribution < 1.29 is 9.53 Å². The van der Waals surface area contributed by atoms with Gasteiger partial charge in [0.1, 0.15) is 6.10 Å². The van der Waals surface area contributed by atoms with Gasteiger partial charge in [0.05, 0.1) is 5.41 Å². The molecule has 1 heterocycles. The van der Waals surface area contributed by atoms with Gasteiger partial charge in [-0.3, -0.25) is 4.79 Å². The molecular formula is C17H29NO2. The quantitative estimate of drug-likeness (QED) is 0.807. The van der Waals surface area contributed by atoms with Gasteiger partial charge in [-0.15, -0.1) is 0 Å². The van der Waals surface area contributed by atoms with E-state index in [4.69, 9.17) is 4.74 Å². The van der Waals surface area contributed by atoms with Crippen molar-refractivity contribution >= 4 is 5.97 Å². The highest BCUT2D eigenvalue weighted by Crippen LogP contribution is 2.66. The number of ether oxygens (including phenoxy) is 1. The predicted octanol–water partition coefficient (Wildman–Crippen LogP) is 3.13. The Kier molecular flexibility index (Phi) is 3.20. The summed E-state index contributed by atoms with van der Waals surface area (Å²) in [5.74, 6) is 0.782. The summed E-state index contributed by atoms with van der Waals surface area (Å²) in [4.78, 5) is 12.7. The predicted molar refractivity (Wildman–Crippen MR) is 79.3 cm³/mol. The Balaban J connectivity index is 1.75. The summed E-state index contributed by atoms with van der Waals surface area (Å²) in [5.41, 5.74) is 0.224. The molecule has 114 valence electrons. The Bertz CT molecular complexity index is 411. The second-order valence-electron chi connectivity index (χ2n) is 8.07. The van der Waals surface area contributed by atoms with Gasteiger partial charge < -0.3 is 10.1 Å². The van der Waals surface area contributed by atoms with Crippen LogP contribution in [0.2, 0.25) is 0 Å². The van der Waals surface area contributed by atoms with Gasteiger partial charge in [0.25, 0.3) is 0 Å². The summed E-state index contributed by atoms with van der Waals surface area (Å²) in [5, 5.41) is 3.33. The molecule has 1 N–H and O–H groups in total. The van der Waals surface area contributed by atoms with E-state index in [0.717, 1.165) is 38.3 Å². The molecule has 4 unspecified atom stereocenters. The molecule has 0 amide bonds. The molecule has 2 saturated carbocycles. The number of rotatable bonds is 3. The van der Waals surface area contributed by atoms with E-state index in [0.29, 0.717) is 5.41 Å². The first-order valence-corrected chi connectivity index (χ1v) is 8.27. The average Bonchev–Trinajstić information content (AvgIpc) is 3.02. The lowest BCUT2D eigenvalue weighted by Crippen LogP contribution is -2.43. The Morgan fingerprint density at radius 3 is 2.50 bits per heavy atom. The van der Waals surface area contributed by atoms with Crippen molar-refractivity contribution in [2.45, 2.75) is 65.9 Å². The van der Waals surface area contributed by atoms with Crippen molar-refractivity contribution in [2.24, 2.45) is 22.2 Å². The van der Waals surface area contributed by atoms with Gasteiger partial charge in [0.15, 0.2) is 0 Å². The van der Waals surface area contributed by atoms with Crippen molar-refractivity contribution in [2.75, 3.05) is 13.1 Å². The summed E-state index contributed by atoms with van der Waals surface area (Å²) in [6.45, 7) is 10.9. The van der Waals surface area contributed by atoms with E-state index < -0.39 is 0 Å². The largest absolute Gasteiger partial charge is 0.461 e. The van der Waals surface area contributed by atoms with E-state index in [1.807, 2.05) is 0 Å². The normalized spacial score (nSPS) is 45.8. The van der Waals surface area contributed by atoms with Crippen LogP contribution in [-0.4, -0.2) is 25.2 Å². The van der Waals surface area contributed by atoms with E-state index in [1.165, 1.54) is 12.8 Å². The third-order valence-corrected chi connectivity index (χ3v) is 7.32. The molecule has 3 nitrogen and oxygen atoms in total. The van der Waals surface area contributed by atoms with Crippen LogP contribution in [0, 0.1) is 22.2 Å².